The van der Waals surface area contributed by atoms with Crippen LogP contribution in [0.15, 0.2) is 83.7 Å². The van der Waals surface area contributed by atoms with Gasteiger partial charge in [0.2, 0.25) is 5.89 Å². The van der Waals surface area contributed by atoms with Gasteiger partial charge in [-0.3, -0.25) is 4.98 Å². The molecule has 0 amide bonds. The highest BCUT2D eigenvalue weighted by Gasteiger charge is 2.10. The zero-order chi connectivity index (χ0) is 21.0. The number of pyridine rings is 1. The van der Waals surface area contributed by atoms with E-state index in [1.165, 1.54) is 0 Å². The molecule has 0 N–H and O–H groups in total. The molecule has 2 aromatic carbocycles. The molecule has 7 heteroatoms. The van der Waals surface area contributed by atoms with Gasteiger partial charge in [0.05, 0.1) is 19.0 Å². The van der Waals surface area contributed by atoms with Crippen molar-refractivity contribution in [3.63, 3.8) is 0 Å². The Bertz CT molecular complexity index is 1300. The third-order valence-electron chi connectivity index (χ3n) is 4.73. The third-order valence-corrected chi connectivity index (χ3v) is 4.73. The zero-order valence-electron chi connectivity index (χ0n) is 16.7. The van der Waals surface area contributed by atoms with Gasteiger partial charge in [-0.1, -0.05) is 12.1 Å². The molecule has 3 aromatic heterocycles. The van der Waals surface area contributed by atoms with Crippen molar-refractivity contribution >= 4 is 11.1 Å². The monoisotopic (exact) mass is 410 g/mol. The predicted molar refractivity (Wildman–Crippen MR) is 116 cm³/mol. The van der Waals surface area contributed by atoms with Crippen molar-refractivity contribution in [1.29, 1.82) is 0 Å². The topological polar surface area (TPSA) is 83.2 Å². The average Bonchev–Trinajstić information content (AvgIpc) is 3.27. The summed E-state index contributed by atoms with van der Waals surface area (Å²) in [6.07, 6.45) is 5.11. The SMILES string of the molecule is COc1ccc(COc2ccc3oc(-c4ccc(-c5ncccn5)cc4)nc3c2)nc1. The average molecular weight is 410 g/mol. The maximum Gasteiger partial charge on any atom is 0.227 e. The Labute approximate surface area is 178 Å². The van der Waals surface area contributed by atoms with E-state index in [9.17, 15) is 0 Å². The number of rotatable bonds is 6. The van der Waals surface area contributed by atoms with Crippen molar-refractivity contribution < 1.29 is 13.9 Å². The Morgan fingerprint density at radius 3 is 2.35 bits per heavy atom. The van der Waals surface area contributed by atoms with Gasteiger partial charge in [-0.2, -0.15) is 0 Å². The van der Waals surface area contributed by atoms with E-state index >= 15 is 0 Å². The highest BCUT2D eigenvalue weighted by Crippen LogP contribution is 2.28. The minimum Gasteiger partial charge on any atom is -0.495 e. The minimum absolute atomic E-state index is 0.350. The molecule has 0 saturated heterocycles. The van der Waals surface area contributed by atoms with Crippen LogP contribution in [0, 0.1) is 0 Å². The van der Waals surface area contributed by atoms with E-state index in [0.29, 0.717) is 35.4 Å². The zero-order valence-corrected chi connectivity index (χ0v) is 16.7. The van der Waals surface area contributed by atoms with Crippen LogP contribution in [-0.4, -0.2) is 27.0 Å². The standard InChI is InChI=1S/C24H18N4O3/c1-29-20-8-7-18(27-14-20)15-30-19-9-10-22-21(13-19)28-24(31-22)17-5-3-16(4-6-17)23-25-11-2-12-26-23/h2-14H,15H2,1H3. The van der Waals surface area contributed by atoms with Crippen molar-refractivity contribution in [2.45, 2.75) is 6.61 Å². The first-order chi connectivity index (χ1) is 15.3. The lowest BCUT2D eigenvalue weighted by Gasteiger charge is -2.06. The van der Waals surface area contributed by atoms with Crippen LogP contribution in [0.5, 0.6) is 11.5 Å². The van der Waals surface area contributed by atoms with Crippen LogP contribution in [0.25, 0.3) is 33.9 Å². The van der Waals surface area contributed by atoms with E-state index < -0.39 is 0 Å². The lowest BCUT2D eigenvalue weighted by atomic mass is 10.1. The van der Waals surface area contributed by atoms with Crippen LogP contribution in [-0.2, 0) is 6.61 Å². The van der Waals surface area contributed by atoms with Crippen molar-refractivity contribution in [1.82, 2.24) is 19.9 Å². The van der Waals surface area contributed by atoms with Gasteiger partial charge in [-0.25, -0.2) is 15.0 Å². The van der Waals surface area contributed by atoms with E-state index in [4.69, 9.17) is 13.9 Å². The number of hydrogen-bond acceptors (Lipinski definition) is 7. The number of fused-ring (bicyclic) bond motifs is 1. The van der Waals surface area contributed by atoms with Gasteiger partial charge in [-0.15, -0.1) is 0 Å². The smallest absolute Gasteiger partial charge is 0.227 e. The van der Waals surface area contributed by atoms with Crippen LogP contribution in [0.2, 0.25) is 0 Å². The summed E-state index contributed by atoms with van der Waals surface area (Å²) in [5.74, 6) is 2.63. The summed E-state index contributed by atoms with van der Waals surface area (Å²) < 4.78 is 16.9. The maximum atomic E-state index is 5.92. The Hall–Kier alpha value is -4.26. The van der Waals surface area contributed by atoms with Gasteiger partial charge < -0.3 is 13.9 Å². The van der Waals surface area contributed by atoms with Crippen LogP contribution in [0.3, 0.4) is 0 Å². The molecule has 0 radical (unpaired) electrons. The molecule has 0 atom stereocenters. The minimum atomic E-state index is 0.350. The first-order valence-electron chi connectivity index (χ1n) is 9.69. The van der Waals surface area contributed by atoms with E-state index in [1.807, 2.05) is 54.6 Å². The molecule has 0 aliphatic carbocycles. The molecule has 0 bridgehead atoms. The summed E-state index contributed by atoms with van der Waals surface area (Å²) in [5.41, 5.74) is 4.04. The summed E-state index contributed by atoms with van der Waals surface area (Å²) in [6, 6.07) is 18.9. The molecule has 0 saturated carbocycles. The molecule has 0 fully saturated rings. The Morgan fingerprint density at radius 2 is 1.61 bits per heavy atom. The third kappa shape index (κ3) is 4.06. The first kappa shape index (κ1) is 18.7. The molecule has 0 spiro atoms. The van der Waals surface area contributed by atoms with Crippen molar-refractivity contribution in [3.8, 4) is 34.3 Å². The van der Waals surface area contributed by atoms with E-state index in [-0.39, 0.29) is 0 Å². The number of methoxy groups -OCH3 is 1. The number of benzene rings is 2. The number of oxazole rings is 1. The molecule has 7 nitrogen and oxygen atoms in total. The van der Waals surface area contributed by atoms with Crippen LogP contribution < -0.4 is 9.47 Å². The number of aromatic nitrogens is 4. The second-order valence-electron chi connectivity index (χ2n) is 6.78. The predicted octanol–water partition coefficient (Wildman–Crippen LogP) is 4.93. The fourth-order valence-corrected chi connectivity index (χ4v) is 3.10. The van der Waals surface area contributed by atoms with Crippen molar-refractivity contribution in [2.75, 3.05) is 7.11 Å². The molecule has 3 heterocycles. The normalized spacial score (nSPS) is 10.9. The lowest BCUT2D eigenvalue weighted by Crippen LogP contribution is -1.98. The van der Waals surface area contributed by atoms with Gasteiger partial charge >= 0.3 is 0 Å². The number of nitrogens with zero attached hydrogens (tertiary/aromatic N) is 4. The van der Waals surface area contributed by atoms with E-state index in [2.05, 4.69) is 19.9 Å². The highest BCUT2D eigenvalue weighted by molar-refractivity contribution is 5.78. The van der Waals surface area contributed by atoms with Crippen molar-refractivity contribution in [3.05, 3.63) is 84.9 Å². The maximum absolute atomic E-state index is 5.92. The van der Waals surface area contributed by atoms with Crippen LogP contribution in [0.1, 0.15) is 5.69 Å². The summed E-state index contributed by atoms with van der Waals surface area (Å²) in [4.78, 5) is 17.5. The van der Waals surface area contributed by atoms with Crippen molar-refractivity contribution in [2.24, 2.45) is 0 Å². The Balaban J connectivity index is 1.33. The molecular formula is C24H18N4O3. The summed E-state index contributed by atoms with van der Waals surface area (Å²) in [6.45, 7) is 0.350. The Kier molecular flexibility index (Phi) is 4.98. The largest absolute Gasteiger partial charge is 0.495 e. The molecule has 152 valence electrons. The molecule has 0 unspecified atom stereocenters. The van der Waals surface area contributed by atoms with Gasteiger partial charge in [0, 0.05) is 29.6 Å². The fraction of sp³-hybridized carbons (Fsp3) is 0.0833. The van der Waals surface area contributed by atoms with Gasteiger partial charge in [0.15, 0.2) is 11.4 Å². The lowest BCUT2D eigenvalue weighted by molar-refractivity contribution is 0.301. The quantitative estimate of drug-likeness (QED) is 0.392. The molecule has 31 heavy (non-hydrogen) atoms. The van der Waals surface area contributed by atoms with Gasteiger partial charge in [0.1, 0.15) is 23.6 Å². The van der Waals surface area contributed by atoms with Gasteiger partial charge in [-0.05, 0) is 42.5 Å². The van der Waals surface area contributed by atoms with Crippen LogP contribution >= 0.6 is 0 Å². The molecule has 5 rings (SSSR count). The highest BCUT2D eigenvalue weighted by atomic mass is 16.5. The van der Waals surface area contributed by atoms with E-state index in [1.54, 1.807) is 31.8 Å². The number of ether oxygens (including phenoxy) is 2. The van der Waals surface area contributed by atoms with E-state index in [0.717, 1.165) is 22.3 Å². The summed E-state index contributed by atoms with van der Waals surface area (Å²) >= 11 is 0. The summed E-state index contributed by atoms with van der Waals surface area (Å²) in [7, 11) is 1.61. The summed E-state index contributed by atoms with van der Waals surface area (Å²) in [5, 5.41) is 0. The Morgan fingerprint density at radius 1 is 0.839 bits per heavy atom. The van der Waals surface area contributed by atoms with Gasteiger partial charge in [0.25, 0.3) is 0 Å². The number of hydrogen-bond donors (Lipinski definition) is 0. The second-order valence-corrected chi connectivity index (χ2v) is 6.78. The fourth-order valence-electron chi connectivity index (χ4n) is 3.10. The second kappa shape index (κ2) is 8.23. The first-order valence-corrected chi connectivity index (χ1v) is 9.69. The molecule has 5 aromatic rings. The van der Waals surface area contributed by atoms with Crippen LogP contribution in [0.4, 0.5) is 0 Å². The molecular weight excluding hydrogens is 392 g/mol. The molecule has 0 aliphatic rings. The molecule has 0 aliphatic heterocycles.